The van der Waals surface area contributed by atoms with Crippen molar-refractivity contribution in [1.82, 2.24) is 15.2 Å². The van der Waals surface area contributed by atoms with Gasteiger partial charge in [0, 0.05) is 0 Å². The average Bonchev–Trinajstić information content (AvgIpc) is 3.24. The summed E-state index contributed by atoms with van der Waals surface area (Å²) in [6.07, 6.45) is 0. The highest BCUT2D eigenvalue weighted by Gasteiger charge is 2.49. The first kappa shape index (κ1) is 19.8. The number of rotatable bonds is 6. The second-order valence-corrected chi connectivity index (χ2v) is 7.95. The predicted molar refractivity (Wildman–Crippen MR) is 113 cm³/mol. The average molecular weight is 424 g/mol. The molecule has 0 saturated carbocycles. The maximum atomic E-state index is 12.9. The Labute approximate surface area is 176 Å². The van der Waals surface area contributed by atoms with E-state index in [1.165, 1.54) is 11.3 Å². The van der Waals surface area contributed by atoms with Crippen LogP contribution in [0.1, 0.15) is 19.4 Å². The first-order valence-corrected chi connectivity index (χ1v) is 10.3. The fraction of sp³-hybridized carbons (Fsp3) is 0.238. The van der Waals surface area contributed by atoms with E-state index in [1.807, 2.05) is 31.2 Å². The zero-order valence-electron chi connectivity index (χ0n) is 16.5. The minimum Gasteiger partial charge on any atom is -0.492 e. The molecule has 2 heterocycles. The molecule has 3 aromatic rings. The van der Waals surface area contributed by atoms with E-state index in [4.69, 9.17) is 4.74 Å². The summed E-state index contributed by atoms with van der Waals surface area (Å²) in [4.78, 5) is 43.2. The summed E-state index contributed by atoms with van der Waals surface area (Å²) in [6, 6.07) is 13.9. The number of amides is 4. The summed E-state index contributed by atoms with van der Waals surface area (Å²) >= 11 is 1.29. The number of thiazole rings is 1. The van der Waals surface area contributed by atoms with Gasteiger partial charge in [0.2, 0.25) is 5.91 Å². The van der Waals surface area contributed by atoms with Crippen molar-refractivity contribution < 1.29 is 19.1 Å². The molecule has 1 atom stereocenters. The number of carbonyl (C=O) groups is 3. The summed E-state index contributed by atoms with van der Waals surface area (Å²) < 4.78 is 6.43. The highest BCUT2D eigenvalue weighted by molar-refractivity contribution is 7.22. The molecule has 1 aliphatic rings. The molecular weight excluding hydrogens is 404 g/mol. The first-order valence-electron chi connectivity index (χ1n) is 9.44. The molecule has 154 valence electrons. The summed E-state index contributed by atoms with van der Waals surface area (Å²) in [5, 5.41) is 5.74. The molecule has 0 spiro atoms. The molecule has 1 aliphatic heterocycles. The standard InChI is InChI=1S/C21H20N4O4S/c1-3-29-14-10-7-11-15-17(14)23-19(30-15)22-16(26)12-25-18(27)21(2,24-20(25)28)13-8-5-4-6-9-13/h4-11H,3,12H2,1-2H3,(H,24,28)(H,22,23,26). The summed E-state index contributed by atoms with van der Waals surface area (Å²) in [5.41, 5.74) is 0.105. The van der Waals surface area contributed by atoms with E-state index in [0.717, 1.165) is 9.60 Å². The lowest BCUT2D eigenvalue weighted by molar-refractivity contribution is -0.133. The fourth-order valence-electron chi connectivity index (χ4n) is 3.36. The van der Waals surface area contributed by atoms with Crippen LogP contribution in [0.4, 0.5) is 9.93 Å². The number of urea groups is 1. The Balaban J connectivity index is 1.49. The van der Waals surface area contributed by atoms with Gasteiger partial charge in [-0.1, -0.05) is 47.7 Å². The Hall–Kier alpha value is -3.46. The van der Waals surface area contributed by atoms with Crippen molar-refractivity contribution >= 4 is 44.5 Å². The lowest BCUT2D eigenvalue weighted by Crippen LogP contribution is -2.42. The van der Waals surface area contributed by atoms with Gasteiger partial charge in [0.1, 0.15) is 23.3 Å². The highest BCUT2D eigenvalue weighted by Crippen LogP contribution is 2.32. The van der Waals surface area contributed by atoms with Gasteiger partial charge in [-0.15, -0.1) is 0 Å². The van der Waals surface area contributed by atoms with Crippen molar-refractivity contribution in [2.45, 2.75) is 19.4 Å². The van der Waals surface area contributed by atoms with E-state index >= 15 is 0 Å². The number of aromatic nitrogens is 1. The lowest BCUT2D eigenvalue weighted by atomic mass is 9.92. The molecule has 1 unspecified atom stereocenters. The molecule has 1 fully saturated rings. The molecule has 0 bridgehead atoms. The largest absolute Gasteiger partial charge is 0.492 e. The number of fused-ring (bicyclic) bond motifs is 1. The van der Waals surface area contributed by atoms with Gasteiger partial charge < -0.3 is 15.4 Å². The van der Waals surface area contributed by atoms with Crippen LogP contribution in [0, 0.1) is 0 Å². The second-order valence-electron chi connectivity index (χ2n) is 6.92. The molecule has 0 aliphatic carbocycles. The van der Waals surface area contributed by atoms with Gasteiger partial charge >= 0.3 is 6.03 Å². The van der Waals surface area contributed by atoms with Crippen LogP contribution < -0.4 is 15.4 Å². The predicted octanol–water partition coefficient (Wildman–Crippen LogP) is 3.10. The minimum absolute atomic E-state index is 0.375. The van der Waals surface area contributed by atoms with Crippen molar-refractivity contribution in [2.24, 2.45) is 0 Å². The van der Waals surface area contributed by atoms with Crippen LogP contribution in [0.5, 0.6) is 5.75 Å². The van der Waals surface area contributed by atoms with E-state index in [0.29, 0.717) is 28.6 Å². The van der Waals surface area contributed by atoms with E-state index in [2.05, 4.69) is 15.6 Å². The molecule has 4 rings (SSSR count). The van der Waals surface area contributed by atoms with Crippen LogP contribution in [-0.4, -0.2) is 40.9 Å². The van der Waals surface area contributed by atoms with Crippen LogP contribution in [0.15, 0.2) is 48.5 Å². The normalized spacial score (nSPS) is 18.5. The number of benzene rings is 2. The number of hydrogen-bond acceptors (Lipinski definition) is 6. The molecule has 1 saturated heterocycles. The lowest BCUT2D eigenvalue weighted by Gasteiger charge is -2.21. The van der Waals surface area contributed by atoms with Crippen molar-refractivity contribution in [3.63, 3.8) is 0 Å². The number of hydrogen-bond donors (Lipinski definition) is 2. The van der Waals surface area contributed by atoms with Gasteiger partial charge in [-0.3, -0.25) is 14.5 Å². The Morgan fingerprint density at radius 3 is 2.70 bits per heavy atom. The summed E-state index contributed by atoms with van der Waals surface area (Å²) in [6.45, 7) is 3.62. The number of imide groups is 1. The van der Waals surface area contributed by atoms with E-state index in [-0.39, 0.29) is 0 Å². The number of ether oxygens (including phenoxy) is 1. The minimum atomic E-state index is -1.21. The molecule has 2 aromatic carbocycles. The molecule has 8 nitrogen and oxygen atoms in total. The van der Waals surface area contributed by atoms with Crippen molar-refractivity contribution in [3.8, 4) is 5.75 Å². The smallest absolute Gasteiger partial charge is 0.325 e. The Kier molecular flexibility index (Phi) is 5.13. The van der Waals surface area contributed by atoms with Gasteiger partial charge in [0.25, 0.3) is 5.91 Å². The van der Waals surface area contributed by atoms with Crippen LogP contribution in [0.2, 0.25) is 0 Å². The monoisotopic (exact) mass is 424 g/mol. The number of anilines is 1. The maximum absolute atomic E-state index is 12.9. The van der Waals surface area contributed by atoms with Crippen LogP contribution in [-0.2, 0) is 15.1 Å². The van der Waals surface area contributed by atoms with Crippen LogP contribution in [0.25, 0.3) is 10.2 Å². The first-order chi connectivity index (χ1) is 14.4. The van der Waals surface area contributed by atoms with Crippen molar-refractivity contribution in [1.29, 1.82) is 0 Å². The third-order valence-corrected chi connectivity index (χ3v) is 5.79. The van der Waals surface area contributed by atoms with E-state index in [9.17, 15) is 14.4 Å². The molecule has 4 amide bonds. The van der Waals surface area contributed by atoms with Crippen molar-refractivity contribution in [2.75, 3.05) is 18.5 Å². The molecular formula is C21H20N4O4S. The van der Waals surface area contributed by atoms with Gasteiger partial charge in [0.15, 0.2) is 5.13 Å². The highest BCUT2D eigenvalue weighted by atomic mass is 32.1. The van der Waals surface area contributed by atoms with Crippen LogP contribution >= 0.6 is 11.3 Å². The van der Waals surface area contributed by atoms with Gasteiger partial charge in [-0.05, 0) is 31.5 Å². The number of carbonyl (C=O) groups excluding carboxylic acids is 3. The quantitative estimate of drug-likeness (QED) is 0.592. The zero-order valence-corrected chi connectivity index (χ0v) is 17.3. The second kappa shape index (κ2) is 7.75. The topological polar surface area (TPSA) is 101 Å². The van der Waals surface area contributed by atoms with Gasteiger partial charge in [-0.2, -0.15) is 0 Å². The van der Waals surface area contributed by atoms with Gasteiger partial charge in [0.05, 0.1) is 11.3 Å². The fourth-order valence-corrected chi connectivity index (χ4v) is 4.26. The molecule has 2 N–H and O–H groups in total. The molecule has 9 heteroatoms. The Bertz CT molecular complexity index is 1130. The van der Waals surface area contributed by atoms with Crippen LogP contribution in [0.3, 0.4) is 0 Å². The zero-order chi connectivity index (χ0) is 21.3. The number of nitrogens with one attached hydrogen (secondary N) is 2. The molecule has 1 aromatic heterocycles. The van der Waals surface area contributed by atoms with Gasteiger partial charge in [-0.25, -0.2) is 9.78 Å². The third kappa shape index (κ3) is 3.48. The number of nitrogens with zero attached hydrogens (tertiary/aromatic N) is 2. The summed E-state index contributed by atoms with van der Waals surface area (Å²) in [5.74, 6) is -0.343. The van der Waals surface area contributed by atoms with Crippen molar-refractivity contribution in [3.05, 3.63) is 54.1 Å². The summed E-state index contributed by atoms with van der Waals surface area (Å²) in [7, 11) is 0. The molecule has 30 heavy (non-hydrogen) atoms. The van der Waals surface area contributed by atoms with E-state index in [1.54, 1.807) is 31.2 Å². The third-order valence-electron chi connectivity index (χ3n) is 4.86. The maximum Gasteiger partial charge on any atom is 0.325 e. The molecule has 0 radical (unpaired) electrons. The Morgan fingerprint density at radius 2 is 1.97 bits per heavy atom. The number of para-hydroxylation sites is 1. The Morgan fingerprint density at radius 1 is 1.20 bits per heavy atom. The van der Waals surface area contributed by atoms with E-state index < -0.39 is 29.9 Å². The SMILES string of the molecule is CCOc1cccc2sc(NC(=O)CN3C(=O)NC(C)(c4ccccc4)C3=O)nc12.